The van der Waals surface area contributed by atoms with E-state index in [0.717, 1.165) is 48.6 Å². The average molecular weight is 370 g/mol. The molecule has 3 heterocycles. The monoisotopic (exact) mass is 369 g/mol. The lowest BCUT2D eigenvalue weighted by Gasteiger charge is -2.32. The number of hydrogen-bond donors (Lipinski definition) is 0. The molecule has 0 N–H and O–H groups in total. The zero-order valence-corrected chi connectivity index (χ0v) is 15.8. The first-order valence-corrected chi connectivity index (χ1v) is 9.55. The largest absolute Gasteiger partial charge is 0.335 e. The summed E-state index contributed by atoms with van der Waals surface area (Å²) in [6.45, 7) is 6.42. The molecule has 1 aromatic carbocycles. The van der Waals surface area contributed by atoms with Crippen molar-refractivity contribution in [3.8, 4) is 5.69 Å². The summed E-state index contributed by atoms with van der Waals surface area (Å²) in [5.74, 6) is 1.86. The van der Waals surface area contributed by atoms with E-state index in [9.17, 15) is 0 Å². The highest BCUT2D eigenvalue weighted by Crippen LogP contribution is 2.21. The molecule has 0 bridgehead atoms. The van der Waals surface area contributed by atoms with Gasteiger partial charge in [-0.1, -0.05) is 11.6 Å². The maximum atomic E-state index is 5.96. The van der Waals surface area contributed by atoms with Crippen LogP contribution in [0.1, 0.15) is 24.2 Å². The Morgan fingerprint density at radius 1 is 1.15 bits per heavy atom. The Bertz CT molecular complexity index is 843. The van der Waals surface area contributed by atoms with E-state index in [1.807, 2.05) is 41.3 Å². The number of halogens is 1. The standard InChI is InChI=1S/C20H24ClN5/c1-16-22-8-11-25(16)14-17-6-9-24(10-7-17)13-18-12-23-26(15-18)20-4-2-19(21)3-5-20/h2-5,8,11-12,15,17H,6-7,9-10,13-14H2,1H3. The Morgan fingerprint density at radius 2 is 1.92 bits per heavy atom. The second-order valence-corrected chi connectivity index (χ2v) is 7.55. The molecule has 1 aliphatic heterocycles. The van der Waals surface area contributed by atoms with Crippen LogP contribution in [0, 0.1) is 12.8 Å². The van der Waals surface area contributed by atoms with Gasteiger partial charge in [0.15, 0.2) is 0 Å². The number of nitrogens with zero attached hydrogens (tertiary/aromatic N) is 5. The Kier molecular flexibility index (Phi) is 5.09. The van der Waals surface area contributed by atoms with Gasteiger partial charge in [-0.05, 0) is 63.0 Å². The minimum absolute atomic E-state index is 0.745. The minimum atomic E-state index is 0.745. The number of rotatable bonds is 5. The highest BCUT2D eigenvalue weighted by atomic mass is 35.5. The predicted molar refractivity (Wildman–Crippen MR) is 104 cm³/mol. The van der Waals surface area contributed by atoms with Crippen LogP contribution in [0.2, 0.25) is 5.02 Å². The van der Waals surface area contributed by atoms with Crippen molar-refractivity contribution in [2.75, 3.05) is 13.1 Å². The van der Waals surface area contributed by atoms with Gasteiger partial charge in [0, 0.05) is 42.3 Å². The number of imidazole rings is 1. The molecule has 0 unspecified atom stereocenters. The quantitative estimate of drug-likeness (QED) is 0.683. The molecule has 0 atom stereocenters. The molecule has 0 spiro atoms. The number of hydrogen-bond acceptors (Lipinski definition) is 3. The van der Waals surface area contributed by atoms with Crippen LogP contribution in [0.3, 0.4) is 0 Å². The van der Waals surface area contributed by atoms with E-state index in [4.69, 9.17) is 11.6 Å². The SMILES string of the molecule is Cc1nccn1CC1CCN(Cc2cnn(-c3ccc(Cl)cc3)c2)CC1. The fourth-order valence-electron chi connectivity index (χ4n) is 3.64. The third-order valence-electron chi connectivity index (χ3n) is 5.22. The highest BCUT2D eigenvalue weighted by Gasteiger charge is 2.20. The van der Waals surface area contributed by atoms with Gasteiger partial charge in [0.1, 0.15) is 5.82 Å². The van der Waals surface area contributed by atoms with Crippen molar-refractivity contribution in [3.05, 3.63) is 65.5 Å². The summed E-state index contributed by atoms with van der Waals surface area (Å²) in [6.07, 6.45) is 10.5. The first-order chi connectivity index (χ1) is 12.7. The maximum Gasteiger partial charge on any atom is 0.105 e. The van der Waals surface area contributed by atoms with E-state index in [2.05, 4.69) is 38.9 Å². The van der Waals surface area contributed by atoms with E-state index < -0.39 is 0 Å². The molecular weight excluding hydrogens is 346 g/mol. The predicted octanol–water partition coefficient (Wildman–Crippen LogP) is 3.94. The van der Waals surface area contributed by atoms with Crippen LogP contribution < -0.4 is 0 Å². The van der Waals surface area contributed by atoms with Gasteiger partial charge >= 0.3 is 0 Å². The molecule has 0 saturated carbocycles. The second kappa shape index (κ2) is 7.64. The fraction of sp³-hybridized carbons (Fsp3) is 0.400. The molecule has 136 valence electrons. The molecule has 3 aromatic rings. The summed E-state index contributed by atoms with van der Waals surface area (Å²) in [4.78, 5) is 6.85. The van der Waals surface area contributed by atoms with E-state index >= 15 is 0 Å². The summed E-state index contributed by atoms with van der Waals surface area (Å²) >= 11 is 5.96. The van der Waals surface area contributed by atoms with Gasteiger partial charge in [-0.2, -0.15) is 5.10 Å². The molecule has 26 heavy (non-hydrogen) atoms. The van der Waals surface area contributed by atoms with Crippen LogP contribution in [-0.2, 0) is 13.1 Å². The van der Waals surface area contributed by atoms with Crippen molar-refractivity contribution < 1.29 is 0 Å². The molecule has 0 amide bonds. The first-order valence-electron chi connectivity index (χ1n) is 9.17. The van der Waals surface area contributed by atoms with Crippen molar-refractivity contribution in [2.45, 2.75) is 32.9 Å². The molecule has 0 aliphatic carbocycles. The lowest BCUT2D eigenvalue weighted by molar-refractivity contribution is 0.166. The minimum Gasteiger partial charge on any atom is -0.335 e. The van der Waals surface area contributed by atoms with Crippen molar-refractivity contribution in [1.82, 2.24) is 24.2 Å². The van der Waals surface area contributed by atoms with Crippen LogP contribution in [-0.4, -0.2) is 37.3 Å². The summed E-state index contributed by atoms with van der Waals surface area (Å²) in [5.41, 5.74) is 2.29. The third kappa shape index (κ3) is 4.00. The van der Waals surface area contributed by atoms with Gasteiger partial charge in [-0.25, -0.2) is 9.67 Å². The third-order valence-corrected chi connectivity index (χ3v) is 5.47. The van der Waals surface area contributed by atoms with Gasteiger partial charge < -0.3 is 4.57 Å². The van der Waals surface area contributed by atoms with E-state index in [-0.39, 0.29) is 0 Å². The maximum absolute atomic E-state index is 5.96. The van der Waals surface area contributed by atoms with Gasteiger partial charge in [0.05, 0.1) is 11.9 Å². The summed E-state index contributed by atoms with van der Waals surface area (Å²) in [5, 5.41) is 5.24. The zero-order chi connectivity index (χ0) is 17.9. The molecule has 4 rings (SSSR count). The Hall–Kier alpha value is -2.11. The summed E-state index contributed by atoms with van der Waals surface area (Å²) < 4.78 is 4.19. The molecule has 5 nitrogen and oxygen atoms in total. The molecule has 6 heteroatoms. The molecular formula is C20H24ClN5. The normalized spacial score (nSPS) is 16.2. The average Bonchev–Trinajstić information content (AvgIpc) is 3.27. The van der Waals surface area contributed by atoms with Gasteiger partial charge in [0.2, 0.25) is 0 Å². The van der Waals surface area contributed by atoms with Crippen LogP contribution >= 0.6 is 11.6 Å². The van der Waals surface area contributed by atoms with Gasteiger partial charge in [-0.3, -0.25) is 4.90 Å². The molecule has 1 aliphatic rings. The number of aryl methyl sites for hydroxylation is 1. The van der Waals surface area contributed by atoms with E-state index in [1.54, 1.807) is 0 Å². The van der Waals surface area contributed by atoms with Crippen LogP contribution in [0.5, 0.6) is 0 Å². The Balaban J connectivity index is 1.31. The zero-order valence-electron chi connectivity index (χ0n) is 15.1. The molecule has 1 fully saturated rings. The molecule has 0 radical (unpaired) electrons. The Morgan fingerprint density at radius 3 is 2.62 bits per heavy atom. The number of likely N-dealkylation sites (tertiary alicyclic amines) is 1. The van der Waals surface area contributed by atoms with E-state index in [0.29, 0.717) is 0 Å². The smallest absolute Gasteiger partial charge is 0.105 e. The Labute approximate surface area is 159 Å². The number of aromatic nitrogens is 4. The van der Waals surface area contributed by atoms with Crippen LogP contribution in [0.4, 0.5) is 0 Å². The van der Waals surface area contributed by atoms with Crippen molar-refractivity contribution in [3.63, 3.8) is 0 Å². The highest BCUT2D eigenvalue weighted by molar-refractivity contribution is 6.30. The topological polar surface area (TPSA) is 38.9 Å². The fourth-order valence-corrected chi connectivity index (χ4v) is 3.76. The van der Waals surface area contributed by atoms with Crippen LogP contribution in [0.25, 0.3) is 5.69 Å². The van der Waals surface area contributed by atoms with Gasteiger partial charge in [-0.15, -0.1) is 0 Å². The van der Waals surface area contributed by atoms with E-state index in [1.165, 1.54) is 18.4 Å². The van der Waals surface area contributed by atoms with Gasteiger partial charge in [0.25, 0.3) is 0 Å². The first kappa shape index (κ1) is 17.3. The molecule has 2 aromatic heterocycles. The van der Waals surface area contributed by atoms with Crippen molar-refractivity contribution in [2.24, 2.45) is 5.92 Å². The lowest BCUT2D eigenvalue weighted by Crippen LogP contribution is -2.34. The van der Waals surface area contributed by atoms with Crippen molar-refractivity contribution >= 4 is 11.6 Å². The molecule has 1 saturated heterocycles. The summed E-state index contributed by atoms with van der Waals surface area (Å²) in [6, 6.07) is 7.77. The lowest BCUT2D eigenvalue weighted by atomic mass is 9.96. The summed E-state index contributed by atoms with van der Waals surface area (Å²) in [7, 11) is 0. The number of benzene rings is 1. The number of piperidine rings is 1. The van der Waals surface area contributed by atoms with Crippen LogP contribution in [0.15, 0.2) is 49.1 Å². The van der Waals surface area contributed by atoms with Crippen molar-refractivity contribution in [1.29, 1.82) is 0 Å². The second-order valence-electron chi connectivity index (χ2n) is 7.12.